The number of carbonyl (C=O) groups is 1. The van der Waals surface area contributed by atoms with Crippen LogP contribution < -0.4 is 0 Å². The molecule has 0 aliphatic heterocycles. The van der Waals surface area contributed by atoms with E-state index in [1.165, 1.54) is 0 Å². The summed E-state index contributed by atoms with van der Waals surface area (Å²) in [5.74, 6) is 0.238. The standard InChI is InChI=1S/C19H16ClNO3/c20-16-8-6-15(7-9-16)17-13-23-18(21-17)10-11-19(22)24-12-14-4-2-1-3-5-14/h1-9,13H,10-12H2. The minimum absolute atomic E-state index is 0.230. The van der Waals surface area contributed by atoms with E-state index in [1.807, 2.05) is 42.5 Å². The van der Waals surface area contributed by atoms with E-state index < -0.39 is 0 Å². The van der Waals surface area contributed by atoms with Crippen molar-refractivity contribution in [2.24, 2.45) is 0 Å². The van der Waals surface area contributed by atoms with Crippen molar-refractivity contribution in [3.63, 3.8) is 0 Å². The lowest BCUT2D eigenvalue weighted by Crippen LogP contribution is -2.06. The van der Waals surface area contributed by atoms with E-state index in [0.717, 1.165) is 16.8 Å². The van der Waals surface area contributed by atoms with Crippen molar-refractivity contribution in [3.8, 4) is 11.3 Å². The number of halogens is 1. The lowest BCUT2D eigenvalue weighted by molar-refractivity contribution is -0.145. The highest BCUT2D eigenvalue weighted by atomic mass is 35.5. The van der Waals surface area contributed by atoms with Gasteiger partial charge in [0.2, 0.25) is 0 Å². The molecular weight excluding hydrogens is 326 g/mol. The predicted octanol–water partition coefficient (Wildman–Crippen LogP) is 4.67. The second kappa shape index (κ2) is 7.79. The van der Waals surface area contributed by atoms with Crippen LogP contribution in [0.15, 0.2) is 65.3 Å². The van der Waals surface area contributed by atoms with Crippen molar-refractivity contribution in [3.05, 3.63) is 77.3 Å². The first-order chi connectivity index (χ1) is 11.7. The van der Waals surface area contributed by atoms with Crippen molar-refractivity contribution in [2.45, 2.75) is 19.4 Å². The van der Waals surface area contributed by atoms with Gasteiger partial charge in [-0.05, 0) is 17.7 Å². The molecule has 2 aromatic carbocycles. The third-order valence-corrected chi connectivity index (χ3v) is 3.73. The van der Waals surface area contributed by atoms with Crippen LogP contribution >= 0.6 is 11.6 Å². The molecule has 0 radical (unpaired) electrons. The molecule has 1 heterocycles. The average Bonchev–Trinajstić information content (AvgIpc) is 3.09. The summed E-state index contributed by atoms with van der Waals surface area (Å²) < 4.78 is 10.6. The fourth-order valence-corrected chi connectivity index (χ4v) is 2.32. The van der Waals surface area contributed by atoms with E-state index in [2.05, 4.69) is 4.98 Å². The molecule has 0 saturated heterocycles. The molecule has 5 heteroatoms. The lowest BCUT2D eigenvalue weighted by Gasteiger charge is -2.03. The van der Waals surface area contributed by atoms with E-state index >= 15 is 0 Å². The third kappa shape index (κ3) is 4.46. The SMILES string of the molecule is O=C(CCc1nc(-c2ccc(Cl)cc2)co1)OCc1ccccc1. The Morgan fingerprint density at radius 3 is 2.58 bits per heavy atom. The molecule has 0 aliphatic carbocycles. The van der Waals surface area contributed by atoms with Crippen LogP contribution in [0.4, 0.5) is 0 Å². The number of esters is 1. The number of benzene rings is 2. The lowest BCUT2D eigenvalue weighted by atomic mass is 10.2. The monoisotopic (exact) mass is 341 g/mol. The largest absolute Gasteiger partial charge is 0.461 e. The molecule has 3 aromatic rings. The summed E-state index contributed by atoms with van der Waals surface area (Å²) in [4.78, 5) is 16.2. The summed E-state index contributed by atoms with van der Waals surface area (Å²) in [7, 11) is 0. The van der Waals surface area contributed by atoms with Gasteiger partial charge in [-0.2, -0.15) is 0 Å². The summed E-state index contributed by atoms with van der Waals surface area (Å²) in [6.07, 6.45) is 2.21. The molecule has 3 rings (SSSR count). The molecule has 0 unspecified atom stereocenters. The number of carbonyl (C=O) groups excluding carboxylic acids is 1. The second-order valence-electron chi connectivity index (χ2n) is 5.28. The molecular formula is C19H16ClNO3. The van der Waals surface area contributed by atoms with Crippen LogP contribution in [0, 0.1) is 0 Å². The number of nitrogens with zero attached hydrogens (tertiary/aromatic N) is 1. The first-order valence-corrected chi connectivity index (χ1v) is 7.98. The number of rotatable bonds is 6. The summed E-state index contributed by atoms with van der Waals surface area (Å²) in [5, 5.41) is 0.670. The van der Waals surface area contributed by atoms with E-state index in [4.69, 9.17) is 20.8 Å². The molecule has 4 nitrogen and oxygen atoms in total. The third-order valence-electron chi connectivity index (χ3n) is 3.48. The molecule has 122 valence electrons. The van der Waals surface area contributed by atoms with E-state index in [0.29, 0.717) is 17.3 Å². The van der Waals surface area contributed by atoms with Crippen molar-refractivity contribution in [1.29, 1.82) is 0 Å². The average molecular weight is 342 g/mol. The molecule has 0 fully saturated rings. The normalized spacial score (nSPS) is 10.5. The van der Waals surface area contributed by atoms with Gasteiger partial charge in [0, 0.05) is 17.0 Å². The van der Waals surface area contributed by atoms with Crippen LogP contribution in [0.1, 0.15) is 17.9 Å². The Kier molecular flexibility index (Phi) is 5.29. The first-order valence-electron chi connectivity index (χ1n) is 7.60. The van der Waals surface area contributed by atoms with Gasteiger partial charge >= 0.3 is 5.97 Å². The topological polar surface area (TPSA) is 52.3 Å². The molecule has 0 bridgehead atoms. The van der Waals surface area contributed by atoms with Crippen molar-refractivity contribution in [1.82, 2.24) is 4.98 Å². The van der Waals surface area contributed by atoms with Crippen LogP contribution in [0.2, 0.25) is 5.02 Å². The van der Waals surface area contributed by atoms with Crippen molar-refractivity contribution < 1.29 is 13.9 Å². The highest BCUT2D eigenvalue weighted by molar-refractivity contribution is 6.30. The van der Waals surface area contributed by atoms with E-state index in [9.17, 15) is 4.79 Å². The van der Waals surface area contributed by atoms with E-state index in [1.54, 1.807) is 18.4 Å². The van der Waals surface area contributed by atoms with Gasteiger partial charge < -0.3 is 9.15 Å². The Labute approximate surface area is 145 Å². The number of hydrogen-bond donors (Lipinski definition) is 0. The molecule has 0 amide bonds. The first kappa shape index (κ1) is 16.3. The minimum Gasteiger partial charge on any atom is -0.461 e. The number of ether oxygens (including phenoxy) is 1. The van der Waals surface area contributed by atoms with Crippen LogP contribution in [-0.2, 0) is 22.6 Å². The Morgan fingerprint density at radius 1 is 1.08 bits per heavy atom. The maximum atomic E-state index is 11.8. The van der Waals surface area contributed by atoms with Gasteiger partial charge in [0.25, 0.3) is 0 Å². The van der Waals surface area contributed by atoms with E-state index in [-0.39, 0.29) is 19.0 Å². The molecule has 0 saturated carbocycles. The zero-order valence-corrected chi connectivity index (χ0v) is 13.7. The number of oxazole rings is 1. The quantitative estimate of drug-likeness (QED) is 0.611. The van der Waals surface area contributed by atoms with Gasteiger partial charge in [-0.15, -0.1) is 0 Å². The summed E-state index contributed by atoms with van der Waals surface area (Å²) in [5.41, 5.74) is 2.60. The Bertz CT molecular complexity index is 797. The fraction of sp³-hybridized carbons (Fsp3) is 0.158. The van der Waals surface area contributed by atoms with Gasteiger partial charge in [-0.3, -0.25) is 4.79 Å². The summed E-state index contributed by atoms with van der Waals surface area (Å²) in [6, 6.07) is 16.9. The molecule has 1 aromatic heterocycles. The maximum Gasteiger partial charge on any atom is 0.306 e. The van der Waals surface area contributed by atoms with Gasteiger partial charge in [-0.1, -0.05) is 54.1 Å². The Balaban J connectivity index is 1.50. The van der Waals surface area contributed by atoms with Crippen LogP contribution in [-0.4, -0.2) is 11.0 Å². The van der Waals surface area contributed by atoms with Crippen LogP contribution in [0.25, 0.3) is 11.3 Å². The predicted molar refractivity (Wildman–Crippen MR) is 91.5 cm³/mol. The maximum absolute atomic E-state index is 11.8. The van der Waals surface area contributed by atoms with Crippen molar-refractivity contribution >= 4 is 17.6 Å². The second-order valence-corrected chi connectivity index (χ2v) is 5.72. The zero-order chi connectivity index (χ0) is 16.8. The molecule has 0 atom stereocenters. The fourth-order valence-electron chi connectivity index (χ4n) is 2.20. The number of aryl methyl sites for hydroxylation is 1. The van der Waals surface area contributed by atoms with Gasteiger partial charge in [0.1, 0.15) is 18.6 Å². The molecule has 0 N–H and O–H groups in total. The zero-order valence-electron chi connectivity index (χ0n) is 12.9. The Hall–Kier alpha value is -2.59. The number of hydrogen-bond acceptors (Lipinski definition) is 4. The minimum atomic E-state index is -0.273. The molecule has 0 spiro atoms. The summed E-state index contributed by atoms with van der Waals surface area (Å²) >= 11 is 5.87. The summed E-state index contributed by atoms with van der Waals surface area (Å²) in [6.45, 7) is 0.279. The van der Waals surface area contributed by atoms with Gasteiger partial charge in [0.15, 0.2) is 5.89 Å². The smallest absolute Gasteiger partial charge is 0.306 e. The Morgan fingerprint density at radius 2 is 1.83 bits per heavy atom. The van der Waals surface area contributed by atoms with Gasteiger partial charge in [0.05, 0.1) is 6.42 Å². The van der Waals surface area contributed by atoms with Gasteiger partial charge in [-0.25, -0.2) is 4.98 Å². The van der Waals surface area contributed by atoms with Crippen LogP contribution in [0.5, 0.6) is 0 Å². The van der Waals surface area contributed by atoms with Crippen molar-refractivity contribution in [2.75, 3.05) is 0 Å². The van der Waals surface area contributed by atoms with Crippen LogP contribution in [0.3, 0.4) is 0 Å². The number of aromatic nitrogens is 1. The molecule has 24 heavy (non-hydrogen) atoms. The molecule has 0 aliphatic rings. The highest BCUT2D eigenvalue weighted by Gasteiger charge is 2.10. The highest BCUT2D eigenvalue weighted by Crippen LogP contribution is 2.21.